The van der Waals surface area contributed by atoms with Gasteiger partial charge >= 0.3 is 18.2 Å². The highest BCUT2D eigenvalue weighted by Crippen LogP contribution is 2.06. The number of rotatable bonds is 1. The van der Waals surface area contributed by atoms with Gasteiger partial charge in [0.25, 0.3) is 0 Å². The van der Waals surface area contributed by atoms with Crippen LogP contribution in [0.4, 0.5) is 9.59 Å². The molecule has 0 aliphatic carbocycles. The highest BCUT2D eigenvalue weighted by atomic mass is 17.0. The summed E-state index contributed by atoms with van der Waals surface area (Å²) < 4.78 is 0. The zero-order valence-corrected chi connectivity index (χ0v) is 8.27. The van der Waals surface area contributed by atoms with Crippen LogP contribution in [-0.2, 0) is 9.68 Å². The van der Waals surface area contributed by atoms with Gasteiger partial charge in [0.05, 0.1) is 0 Å². The lowest BCUT2D eigenvalue weighted by Gasteiger charge is -2.15. The summed E-state index contributed by atoms with van der Waals surface area (Å²) in [5.74, 6) is -1.06. The highest BCUT2D eigenvalue weighted by molar-refractivity contribution is 5.93. The van der Waals surface area contributed by atoms with Crippen molar-refractivity contribution < 1.29 is 34.3 Å². The molecule has 1 aromatic rings. The Hall–Kier alpha value is -2.77. The number of hydrogen-bond donors (Lipinski definition) is 2. The summed E-state index contributed by atoms with van der Waals surface area (Å²) in [5.41, 5.74) is 0.00926. The maximum absolute atomic E-state index is 11.6. The van der Waals surface area contributed by atoms with Crippen LogP contribution in [0.1, 0.15) is 10.4 Å². The number of benzene rings is 1. The average molecular weight is 241 g/mol. The number of carbonyl (C=O) groups excluding carboxylic acids is 1. The van der Waals surface area contributed by atoms with Crippen molar-refractivity contribution in [1.82, 2.24) is 5.23 Å². The first kappa shape index (κ1) is 12.3. The van der Waals surface area contributed by atoms with Gasteiger partial charge < -0.3 is 10.2 Å². The van der Waals surface area contributed by atoms with Gasteiger partial charge in [-0.15, -0.1) is 0 Å². The van der Waals surface area contributed by atoms with Crippen LogP contribution in [0.2, 0.25) is 0 Å². The molecule has 0 saturated heterocycles. The molecule has 0 aromatic heterocycles. The molecule has 0 aliphatic heterocycles. The number of hydroxylamine groups is 2. The largest absolute Gasteiger partial charge is 0.533 e. The molecular formula is C9H7NO7. The van der Waals surface area contributed by atoms with Gasteiger partial charge in [-0.2, -0.15) is 0 Å². The molecule has 0 spiro atoms. The molecule has 2 N–H and O–H groups in total. The SMILES string of the molecule is O=C(O)ON(OC(=O)O)C(=O)c1ccccc1. The number of amides is 1. The molecule has 0 saturated carbocycles. The van der Waals surface area contributed by atoms with E-state index in [0.717, 1.165) is 0 Å². The highest BCUT2D eigenvalue weighted by Gasteiger charge is 2.24. The molecule has 1 aromatic carbocycles. The average Bonchev–Trinajstić information content (AvgIpc) is 2.27. The molecule has 17 heavy (non-hydrogen) atoms. The van der Waals surface area contributed by atoms with Crippen LogP contribution in [-0.4, -0.2) is 33.7 Å². The molecule has 0 atom stereocenters. The van der Waals surface area contributed by atoms with Gasteiger partial charge in [0.1, 0.15) is 0 Å². The van der Waals surface area contributed by atoms with Crippen LogP contribution in [0.3, 0.4) is 0 Å². The molecule has 8 nitrogen and oxygen atoms in total. The molecule has 0 unspecified atom stereocenters. The van der Waals surface area contributed by atoms with E-state index in [1.807, 2.05) is 0 Å². The van der Waals surface area contributed by atoms with E-state index in [0.29, 0.717) is 0 Å². The number of hydrogen-bond acceptors (Lipinski definition) is 5. The van der Waals surface area contributed by atoms with Crippen LogP contribution >= 0.6 is 0 Å². The Morgan fingerprint density at radius 3 is 1.82 bits per heavy atom. The maximum atomic E-state index is 11.6. The molecular weight excluding hydrogens is 234 g/mol. The third-order valence-corrected chi connectivity index (χ3v) is 1.51. The van der Waals surface area contributed by atoms with Crippen molar-refractivity contribution >= 4 is 18.2 Å². The molecule has 0 radical (unpaired) electrons. The standard InChI is InChI=1S/C9H7NO7/c11-7(6-4-2-1-3-5-6)10(16-8(12)13)17-9(14)15/h1-5H,(H,12,13)(H,14,15). The van der Waals surface area contributed by atoms with Crippen molar-refractivity contribution in [3.63, 3.8) is 0 Å². The molecule has 1 rings (SSSR count). The third-order valence-electron chi connectivity index (χ3n) is 1.51. The molecule has 0 aliphatic rings. The predicted molar refractivity (Wildman–Crippen MR) is 50.8 cm³/mol. The summed E-state index contributed by atoms with van der Waals surface area (Å²) in [6.45, 7) is 0. The van der Waals surface area contributed by atoms with Crippen LogP contribution in [0, 0.1) is 0 Å². The minimum atomic E-state index is -1.88. The van der Waals surface area contributed by atoms with E-state index in [2.05, 4.69) is 9.68 Å². The summed E-state index contributed by atoms with van der Waals surface area (Å²) in [6.07, 6.45) is -3.76. The Kier molecular flexibility index (Phi) is 3.87. The minimum absolute atomic E-state index is 0.00926. The predicted octanol–water partition coefficient (Wildman–Crippen LogP) is 1.35. The van der Waals surface area contributed by atoms with Crippen LogP contribution < -0.4 is 0 Å². The lowest BCUT2D eigenvalue weighted by molar-refractivity contribution is -0.269. The quantitative estimate of drug-likeness (QED) is 0.713. The number of carboxylic acid groups (broad SMARTS) is 2. The monoisotopic (exact) mass is 241 g/mol. The summed E-state index contributed by atoms with van der Waals surface area (Å²) in [7, 11) is 0. The van der Waals surface area contributed by atoms with Crippen molar-refractivity contribution in [1.29, 1.82) is 0 Å². The van der Waals surface area contributed by atoms with E-state index in [1.165, 1.54) is 24.3 Å². The minimum Gasteiger partial charge on any atom is -0.448 e. The topological polar surface area (TPSA) is 113 Å². The first-order valence-corrected chi connectivity index (χ1v) is 4.22. The normalized spacial score (nSPS) is 9.18. The fourth-order valence-corrected chi connectivity index (χ4v) is 0.930. The van der Waals surface area contributed by atoms with E-state index in [9.17, 15) is 14.4 Å². The van der Waals surface area contributed by atoms with E-state index in [-0.39, 0.29) is 10.8 Å². The van der Waals surface area contributed by atoms with Crippen molar-refractivity contribution in [3.8, 4) is 0 Å². The second-order valence-electron chi connectivity index (χ2n) is 2.64. The third kappa shape index (κ3) is 3.70. The van der Waals surface area contributed by atoms with Gasteiger partial charge in [0.2, 0.25) is 0 Å². The Morgan fingerprint density at radius 1 is 0.941 bits per heavy atom. The Morgan fingerprint density at radius 2 is 1.41 bits per heavy atom. The summed E-state index contributed by atoms with van der Waals surface area (Å²) in [5, 5.41) is 16.4. The van der Waals surface area contributed by atoms with Gasteiger partial charge in [0.15, 0.2) is 0 Å². The number of nitrogens with zero attached hydrogens (tertiary/aromatic N) is 1. The van der Waals surface area contributed by atoms with Crippen LogP contribution in [0.25, 0.3) is 0 Å². The smallest absolute Gasteiger partial charge is 0.448 e. The summed E-state index contributed by atoms with van der Waals surface area (Å²) in [4.78, 5) is 39.8. The van der Waals surface area contributed by atoms with E-state index < -0.39 is 18.2 Å². The van der Waals surface area contributed by atoms with E-state index in [4.69, 9.17) is 10.2 Å². The fourth-order valence-electron chi connectivity index (χ4n) is 0.930. The summed E-state index contributed by atoms with van der Waals surface area (Å²) in [6, 6.07) is 7.31. The van der Waals surface area contributed by atoms with Crippen molar-refractivity contribution in [2.75, 3.05) is 0 Å². The lowest BCUT2D eigenvalue weighted by atomic mass is 10.2. The van der Waals surface area contributed by atoms with Crippen molar-refractivity contribution in [2.24, 2.45) is 0 Å². The number of carbonyl (C=O) groups is 3. The first-order valence-electron chi connectivity index (χ1n) is 4.22. The second-order valence-corrected chi connectivity index (χ2v) is 2.64. The summed E-state index contributed by atoms with van der Waals surface area (Å²) >= 11 is 0. The Balaban J connectivity index is 2.86. The zero-order chi connectivity index (χ0) is 12.8. The van der Waals surface area contributed by atoms with E-state index in [1.54, 1.807) is 6.07 Å². The van der Waals surface area contributed by atoms with Crippen molar-refractivity contribution in [3.05, 3.63) is 35.9 Å². The molecule has 0 fully saturated rings. The molecule has 0 bridgehead atoms. The zero-order valence-electron chi connectivity index (χ0n) is 8.27. The van der Waals surface area contributed by atoms with E-state index >= 15 is 0 Å². The van der Waals surface area contributed by atoms with Gasteiger partial charge in [-0.1, -0.05) is 18.2 Å². The van der Waals surface area contributed by atoms with Gasteiger partial charge in [-0.3, -0.25) is 14.5 Å². The fraction of sp³-hybridized carbons (Fsp3) is 0. The second kappa shape index (κ2) is 5.35. The van der Waals surface area contributed by atoms with Crippen LogP contribution in [0.5, 0.6) is 0 Å². The Labute approximate surface area is 94.5 Å². The van der Waals surface area contributed by atoms with Gasteiger partial charge in [-0.25, -0.2) is 9.59 Å². The molecule has 0 heterocycles. The Bertz CT molecular complexity index is 414. The van der Waals surface area contributed by atoms with Gasteiger partial charge in [0, 0.05) is 10.8 Å². The molecule has 90 valence electrons. The van der Waals surface area contributed by atoms with Crippen molar-refractivity contribution in [2.45, 2.75) is 0 Å². The lowest BCUT2D eigenvalue weighted by Crippen LogP contribution is -2.35. The first-order chi connectivity index (χ1) is 8.00. The molecule has 1 amide bonds. The van der Waals surface area contributed by atoms with Gasteiger partial charge in [-0.05, 0) is 12.1 Å². The van der Waals surface area contributed by atoms with Crippen LogP contribution in [0.15, 0.2) is 30.3 Å². The maximum Gasteiger partial charge on any atom is 0.533 e. The molecule has 8 heteroatoms.